The lowest BCUT2D eigenvalue weighted by Gasteiger charge is -2.26. The Hall–Kier alpha value is -2.49. The molecule has 4 heteroatoms. The summed E-state index contributed by atoms with van der Waals surface area (Å²) in [5, 5.41) is 10.3. The van der Waals surface area contributed by atoms with Gasteiger partial charge in [0.05, 0.1) is 13.0 Å². The molecule has 1 aliphatic rings. The minimum absolute atomic E-state index is 0.0676. The van der Waals surface area contributed by atoms with Gasteiger partial charge >= 0.3 is 0 Å². The van der Waals surface area contributed by atoms with Gasteiger partial charge in [-0.05, 0) is 12.0 Å². The van der Waals surface area contributed by atoms with Gasteiger partial charge in [-0.2, -0.15) is 0 Å². The van der Waals surface area contributed by atoms with E-state index in [0.29, 0.717) is 18.1 Å². The molecule has 1 unspecified atom stereocenters. The van der Waals surface area contributed by atoms with E-state index in [1.165, 1.54) is 31.7 Å². The van der Waals surface area contributed by atoms with E-state index in [1.807, 2.05) is 30.3 Å². The quantitative estimate of drug-likeness (QED) is 0.565. The number of phenolic OH excluding ortho intramolecular Hbond substituents is 1. The highest BCUT2D eigenvalue weighted by molar-refractivity contribution is 6.02. The molecule has 0 fully saturated rings. The highest BCUT2D eigenvalue weighted by Crippen LogP contribution is 2.41. The molecular formula is C23H28O4. The monoisotopic (exact) mass is 368 g/mol. The van der Waals surface area contributed by atoms with E-state index in [-0.39, 0.29) is 29.6 Å². The molecule has 3 rings (SSSR count). The molecule has 2 aromatic carbocycles. The van der Waals surface area contributed by atoms with Crippen LogP contribution in [0.25, 0.3) is 0 Å². The Kier molecular flexibility index (Phi) is 6.74. The number of ether oxygens (including phenoxy) is 2. The smallest absolute Gasteiger partial charge is 0.174 e. The molecule has 0 aromatic heterocycles. The Morgan fingerprint density at radius 1 is 1.07 bits per heavy atom. The van der Waals surface area contributed by atoms with Gasteiger partial charge < -0.3 is 14.6 Å². The molecule has 1 N–H and O–H groups in total. The summed E-state index contributed by atoms with van der Waals surface area (Å²) >= 11 is 0. The van der Waals surface area contributed by atoms with Gasteiger partial charge in [-0.15, -0.1) is 0 Å². The first-order valence-electron chi connectivity index (χ1n) is 9.93. The predicted octanol–water partition coefficient (Wildman–Crippen LogP) is 5.84. The number of hydrogen-bond donors (Lipinski definition) is 1. The van der Waals surface area contributed by atoms with Crippen LogP contribution in [0.1, 0.15) is 73.9 Å². The summed E-state index contributed by atoms with van der Waals surface area (Å²) < 4.78 is 11.8. The Morgan fingerprint density at radius 3 is 2.59 bits per heavy atom. The topological polar surface area (TPSA) is 55.8 Å². The number of phenols is 1. The van der Waals surface area contributed by atoms with Crippen LogP contribution in [0.2, 0.25) is 0 Å². The maximum atomic E-state index is 12.5. The summed E-state index contributed by atoms with van der Waals surface area (Å²) in [5.41, 5.74) is 1.21. The average molecular weight is 368 g/mol. The predicted molar refractivity (Wildman–Crippen MR) is 106 cm³/mol. The summed E-state index contributed by atoms with van der Waals surface area (Å²) in [6.07, 6.45) is 7.04. The van der Waals surface area contributed by atoms with Crippen LogP contribution in [-0.4, -0.2) is 17.5 Å². The van der Waals surface area contributed by atoms with Gasteiger partial charge in [0, 0.05) is 12.1 Å². The second-order valence-corrected chi connectivity index (χ2v) is 7.08. The number of rotatable bonds is 9. The standard InChI is InChI=1S/C23H28O4/c1-2-3-4-5-6-10-13-26-18-14-19(24)23-20(25)16-21(27-22(23)15-18)17-11-8-7-9-12-17/h7-9,11-12,14-15,21,24H,2-6,10,13,16H2,1H3. The van der Waals surface area contributed by atoms with E-state index in [0.717, 1.165) is 18.4 Å². The van der Waals surface area contributed by atoms with Crippen molar-refractivity contribution in [3.63, 3.8) is 0 Å². The van der Waals surface area contributed by atoms with Gasteiger partial charge in [0.2, 0.25) is 0 Å². The lowest BCUT2D eigenvalue weighted by Crippen LogP contribution is -2.20. The van der Waals surface area contributed by atoms with Gasteiger partial charge in [-0.3, -0.25) is 4.79 Å². The summed E-state index contributed by atoms with van der Waals surface area (Å²) in [7, 11) is 0. The maximum absolute atomic E-state index is 12.5. The fourth-order valence-electron chi connectivity index (χ4n) is 3.42. The maximum Gasteiger partial charge on any atom is 0.174 e. The molecule has 0 saturated carbocycles. The van der Waals surface area contributed by atoms with E-state index in [9.17, 15) is 9.90 Å². The van der Waals surface area contributed by atoms with Crippen LogP contribution < -0.4 is 9.47 Å². The van der Waals surface area contributed by atoms with Crippen molar-refractivity contribution in [3.05, 3.63) is 53.6 Å². The molecular weight excluding hydrogens is 340 g/mol. The van der Waals surface area contributed by atoms with Gasteiger partial charge in [0.1, 0.15) is 28.9 Å². The summed E-state index contributed by atoms with van der Waals surface area (Å²) in [6, 6.07) is 12.9. The Labute approximate surface area is 161 Å². The number of unbranched alkanes of at least 4 members (excludes halogenated alkanes) is 5. The zero-order valence-electron chi connectivity index (χ0n) is 15.9. The minimum Gasteiger partial charge on any atom is -0.507 e. The van der Waals surface area contributed by atoms with Crippen molar-refractivity contribution in [1.82, 2.24) is 0 Å². The summed E-state index contributed by atoms with van der Waals surface area (Å²) in [4.78, 5) is 12.5. The molecule has 1 atom stereocenters. The van der Waals surface area contributed by atoms with Gasteiger partial charge in [0.15, 0.2) is 5.78 Å². The van der Waals surface area contributed by atoms with E-state index in [1.54, 1.807) is 6.07 Å². The highest BCUT2D eigenvalue weighted by atomic mass is 16.5. The van der Waals surface area contributed by atoms with Crippen LogP contribution in [-0.2, 0) is 0 Å². The number of aromatic hydroxyl groups is 1. The minimum atomic E-state index is -0.334. The molecule has 2 aromatic rings. The number of hydrogen-bond acceptors (Lipinski definition) is 4. The third-order valence-electron chi connectivity index (χ3n) is 4.91. The lowest BCUT2D eigenvalue weighted by molar-refractivity contribution is 0.0844. The molecule has 0 spiro atoms. The number of Topliss-reactive ketones (excluding diaryl/α,β-unsaturated/α-hetero) is 1. The fraction of sp³-hybridized carbons (Fsp3) is 0.435. The van der Waals surface area contributed by atoms with Gasteiger partial charge in [-0.1, -0.05) is 69.4 Å². The first-order valence-corrected chi connectivity index (χ1v) is 9.93. The average Bonchev–Trinajstić information content (AvgIpc) is 2.67. The molecule has 1 heterocycles. The molecule has 0 saturated heterocycles. The molecule has 144 valence electrons. The third-order valence-corrected chi connectivity index (χ3v) is 4.91. The molecule has 4 nitrogen and oxygen atoms in total. The Bertz CT molecular complexity index is 754. The zero-order chi connectivity index (χ0) is 19.1. The van der Waals surface area contributed by atoms with E-state index in [4.69, 9.17) is 9.47 Å². The third kappa shape index (κ3) is 5.03. The van der Waals surface area contributed by atoms with E-state index in [2.05, 4.69) is 6.92 Å². The number of carbonyl (C=O) groups excluding carboxylic acids is 1. The van der Waals surface area contributed by atoms with Crippen molar-refractivity contribution in [2.75, 3.05) is 6.61 Å². The van der Waals surface area contributed by atoms with Crippen molar-refractivity contribution in [1.29, 1.82) is 0 Å². The lowest BCUT2D eigenvalue weighted by atomic mass is 9.95. The van der Waals surface area contributed by atoms with Crippen molar-refractivity contribution >= 4 is 5.78 Å². The van der Waals surface area contributed by atoms with Crippen LogP contribution in [0, 0.1) is 0 Å². The fourth-order valence-corrected chi connectivity index (χ4v) is 3.42. The molecule has 0 aliphatic carbocycles. The Balaban J connectivity index is 1.63. The van der Waals surface area contributed by atoms with Gasteiger partial charge in [-0.25, -0.2) is 0 Å². The highest BCUT2D eigenvalue weighted by Gasteiger charge is 2.30. The van der Waals surface area contributed by atoms with Gasteiger partial charge in [0.25, 0.3) is 0 Å². The van der Waals surface area contributed by atoms with Crippen LogP contribution in [0.3, 0.4) is 0 Å². The van der Waals surface area contributed by atoms with Crippen LogP contribution in [0.5, 0.6) is 17.2 Å². The summed E-state index contributed by atoms with van der Waals surface area (Å²) in [6.45, 7) is 2.81. The normalized spacial score (nSPS) is 15.9. The van der Waals surface area contributed by atoms with Crippen molar-refractivity contribution < 1.29 is 19.4 Å². The number of carbonyl (C=O) groups is 1. The van der Waals surface area contributed by atoms with Crippen molar-refractivity contribution in [2.24, 2.45) is 0 Å². The van der Waals surface area contributed by atoms with Crippen molar-refractivity contribution in [3.8, 4) is 17.2 Å². The molecule has 0 radical (unpaired) electrons. The zero-order valence-corrected chi connectivity index (χ0v) is 15.9. The SMILES string of the molecule is CCCCCCCCOc1cc(O)c2c(c1)OC(c1ccccc1)CC2=O. The van der Waals surface area contributed by atoms with E-state index >= 15 is 0 Å². The molecule has 1 aliphatic heterocycles. The largest absolute Gasteiger partial charge is 0.507 e. The molecule has 27 heavy (non-hydrogen) atoms. The second kappa shape index (κ2) is 9.45. The number of fused-ring (bicyclic) bond motifs is 1. The first kappa shape index (κ1) is 19.3. The van der Waals surface area contributed by atoms with E-state index < -0.39 is 0 Å². The van der Waals surface area contributed by atoms with Crippen molar-refractivity contribution in [2.45, 2.75) is 58.0 Å². The number of benzene rings is 2. The second-order valence-electron chi connectivity index (χ2n) is 7.08. The van der Waals surface area contributed by atoms with Crippen LogP contribution in [0.15, 0.2) is 42.5 Å². The molecule has 0 bridgehead atoms. The molecule has 0 amide bonds. The Morgan fingerprint density at radius 2 is 1.81 bits per heavy atom. The summed E-state index contributed by atoms with van der Waals surface area (Å²) in [5.74, 6) is 0.770. The first-order chi connectivity index (χ1) is 13.2. The van der Waals surface area contributed by atoms with Crippen LogP contribution in [0.4, 0.5) is 0 Å². The number of ketones is 1. The van der Waals surface area contributed by atoms with Crippen LogP contribution >= 0.6 is 0 Å².